The maximum Gasteiger partial charge on any atom is 0.231 e. The largest absolute Gasteiger partial charge is 0.454 e. The van der Waals surface area contributed by atoms with Crippen LogP contribution in [0.4, 0.5) is 5.88 Å². The lowest BCUT2D eigenvalue weighted by Crippen LogP contribution is -1.92. The van der Waals surface area contributed by atoms with Gasteiger partial charge in [0.1, 0.15) is 5.69 Å². The Bertz CT molecular complexity index is 799. The Balaban J connectivity index is 1.87. The van der Waals surface area contributed by atoms with Gasteiger partial charge in [0.25, 0.3) is 0 Å². The SMILES string of the molecule is Nc1onc(-c2ccc3c(c2)OCO3)c1-c1cccnc1. The molecule has 0 fully saturated rings. The Morgan fingerprint density at radius 1 is 1.05 bits per heavy atom. The lowest BCUT2D eigenvalue weighted by atomic mass is 10.0. The number of aromatic nitrogens is 2. The number of benzene rings is 1. The quantitative estimate of drug-likeness (QED) is 0.777. The fourth-order valence-electron chi connectivity index (χ4n) is 2.33. The van der Waals surface area contributed by atoms with Gasteiger partial charge in [0.2, 0.25) is 12.7 Å². The van der Waals surface area contributed by atoms with Crippen LogP contribution in [0.3, 0.4) is 0 Å². The Labute approximate surface area is 120 Å². The first-order valence-electron chi connectivity index (χ1n) is 6.38. The Hall–Kier alpha value is -3.02. The molecule has 0 radical (unpaired) electrons. The Kier molecular flexibility index (Phi) is 2.53. The standard InChI is InChI=1S/C15H11N3O3/c16-15-13(10-2-1-5-17-7-10)14(18-21-15)9-3-4-11-12(6-9)20-8-19-11/h1-7H,8,16H2. The summed E-state index contributed by atoms with van der Waals surface area (Å²) in [4.78, 5) is 4.10. The number of ether oxygens (including phenoxy) is 2. The van der Waals surface area contributed by atoms with Crippen LogP contribution in [0.25, 0.3) is 22.4 Å². The van der Waals surface area contributed by atoms with Gasteiger partial charge in [0.05, 0.1) is 5.56 Å². The van der Waals surface area contributed by atoms with Gasteiger partial charge in [-0.05, 0) is 24.3 Å². The van der Waals surface area contributed by atoms with Crippen LogP contribution >= 0.6 is 0 Å². The number of rotatable bonds is 2. The van der Waals surface area contributed by atoms with Crippen molar-refractivity contribution in [1.82, 2.24) is 10.1 Å². The minimum absolute atomic E-state index is 0.231. The minimum Gasteiger partial charge on any atom is -0.454 e. The number of nitrogens with two attached hydrogens (primary N) is 1. The van der Waals surface area contributed by atoms with Crippen LogP contribution in [0.2, 0.25) is 0 Å². The molecule has 4 rings (SSSR count). The van der Waals surface area contributed by atoms with Crippen molar-refractivity contribution in [2.75, 3.05) is 12.5 Å². The first-order chi connectivity index (χ1) is 10.3. The van der Waals surface area contributed by atoms with Crippen molar-refractivity contribution in [3.63, 3.8) is 0 Å². The predicted molar refractivity (Wildman–Crippen MR) is 75.7 cm³/mol. The van der Waals surface area contributed by atoms with Gasteiger partial charge in [-0.15, -0.1) is 0 Å². The molecule has 1 aromatic carbocycles. The second-order valence-corrected chi connectivity index (χ2v) is 4.58. The van der Waals surface area contributed by atoms with E-state index in [0.29, 0.717) is 11.4 Å². The summed E-state index contributed by atoms with van der Waals surface area (Å²) in [6.07, 6.45) is 3.42. The van der Waals surface area contributed by atoms with Crippen LogP contribution < -0.4 is 15.2 Å². The van der Waals surface area contributed by atoms with Crippen molar-refractivity contribution in [2.45, 2.75) is 0 Å². The van der Waals surface area contributed by atoms with E-state index in [4.69, 9.17) is 19.7 Å². The monoisotopic (exact) mass is 281 g/mol. The third kappa shape index (κ3) is 1.88. The Morgan fingerprint density at radius 2 is 1.95 bits per heavy atom. The number of fused-ring (bicyclic) bond motifs is 1. The van der Waals surface area contributed by atoms with Crippen LogP contribution in [-0.2, 0) is 0 Å². The van der Waals surface area contributed by atoms with Crippen molar-refractivity contribution in [2.24, 2.45) is 0 Å². The molecule has 3 aromatic rings. The molecule has 104 valence electrons. The van der Waals surface area contributed by atoms with Gasteiger partial charge in [-0.25, -0.2) is 0 Å². The molecule has 6 heteroatoms. The molecule has 0 atom stereocenters. The van der Waals surface area contributed by atoms with E-state index in [-0.39, 0.29) is 12.7 Å². The molecule has 0 aliphatic carbocycles. The summed E-state index contributed by atoms with van der Waals surface area (Å²) in [5.74, 6) is 1.67. The summed E-state index contributed by atoms with van der Waals surface area (Å²) >= 11 is 0. The van der Waals surface area contributed by atoms with Gasteiger partial charge in [-0.3, -0.25) is 4.98 Å². The molecule has 1 aliphatic heterocycles. The zero-order valence-electron chi connectivity index (χ0n) is 10.9. The van der Waals surface area contributed by atoms with Crippen LogP contribution in [0.1, 0.15) is 0 Å². The maximum atomic E-state index is 5.91. The molecule has 0 unspecified atom stereocenters. The smallest absolute Gasteiger partial charge is 0.231 e. The lowest BCUT2D eigenvalue weighted by Gasteiger charge is -2.03. The summed E-state index contributed by atoms with van der Waals surface area (Å²) < 4.78 is 15.8. The van der Waals surface area contributed by atoms with Gasteiger partial charge in [-0.1, -0.05) is 11.2 Å². The van der Waals surface area contributed by atoms with Crippen LogP contribution in [0.5, 0.6) is 11.5 Å². The lowest BCUT2D eigenvalue weighted by molar-refractivity contribution is 0.174. The van der Waals surface area contributed by atoms with E-state index in [1.54, 1.807) is 12.4 Å². The molecule has 0 saturated heterocycles. The second kappa shape index (κ2) is 4.52. The second-order valence-electron chi connectivity index (χ2n) is 4.58. The number of hydrogen-bond donors (Lipinski definition) is 1. The average Bonchev–Trinajstić information content (AvgIpc) is 3.13. The van der Waals surface area contributed by atoms with E-state index >= 15 is 0 Å². The summed E-state index contributed by atoms with van der Waals surface area (Å²) in [5, 5.41) is 4.06. The van der Waals surface area contributed by atoms with Crippen molar-refractivity contribution in [3.05, 3.63) is 42.7 Å². The zero-order valence-corrected chi connectivity index (χ0v) is 10.9. The summed E-state index contributed by atoms with van der Waals surface area (Å²) in [6, 6.07) is 9.34. The van der Waals surface area contributed by atoms with Gasteiger partial charge < -0.3 is 19.7 Å². The number of hydrogen-bond acceptors (Lipinski definition) is 6. The number of nitrogens with zero attached hydrogens (tertiary/aromatic N) is 2. The summed E-state index contributed by atoms with van der Waals surface area (Å²) in [5.41, 5.74) is 8.98. The zero-order chi connectivity index (χ0) is 14.2. The van der Waals surface area contributed by atoms with E-state index in [1.165, 1.54) is 0 Å². The molecular formula is C15H11N3O3. The van der Waals surface area contributed by atoms with E-state index in [9.17, 15) is 0 Å². The van der Waals surface area contributed by atoms with Crippen LogP contribution in [-0.4, -0.2) is 16.9 Å². The third-order valence-electron chi connectivity index (χ3n) is 3.31. The molecule has 6 nitrogen and oxygen atoms in total. The summed E-state index contributed by atoms with van der Waals surface area (Å²) in [6.45, 7) is 0.231. The highest BCUT2D eigenvalue weighted by molar-refractivity contribution is 5.87. The van der Waals surface area contributed by atoms with Crippen molar-refractivity contribution in [1.29, 1.82) is 0 Å². The first kappa shape index (κ1) is 11.8. The van der Waals surface area contributed by atoms with Gasteiger partial charge >= 0.3 is 0 Å². The van der Waals surface area contributed by atoms with E-state index < -0.39 is 0 Å². The summed E-state index contributed by atoms with van der Waals surface area (Å²) in [7, 11) is 0. The highest BCUT2D eigenvalue weighted by Crippen LogP contribution is 2.40. The van der Waals surface area contributed by atoms with E-state index in [1.807, 2.05) is 30.3 Å². The van der Waals surface area contributed by atoms with E-state index in [2.05, 4.69) is 10.1 Å². The molecule has 0 saturated carbocycles. The number of pyridine rings is 1. The van der Waals surface area contributed by atoms with E-state index in [0.717, 1.165) is 22.4 Å². The highest BCUT2D eigenvalue weighted by atomic mass is 16.7. The maximum absolute atomic E-state index is 5.91. The fraction of sp³-hybridized carbons (Fsp3) is 0.0667. The minimum atomic E-state index is 0.231. The molecule has 21 heavy (non-hydrogen) atoms. The predicted octanol–water partition coefficient (Wildman–Crippen LogP) is 2.71. The molecule has 0 spiro atoms. The van der Waals surface area contributed by atoms with Crippen molar-refractivity contribution in [3.8, 4) is 33.9 Å². The number of nitrogen functional groups attached to an aromatic ring is 1. The van der Waals surface area contributed by atoms with Crippen LogP contribution in [0.15, 0.2) is 47.2 Å². The molecule has 2 N–H and O–H groups in total. The molecule has 2 aromatic heterocycles. The number of anilines is 1. The Morgan fingerprint density at radius 3 is 2.81 bits per heavy atom. The van der Waals surface area contributed by atoms with Gasteiger partial charge in [0, 0.05) is 23.5 Å². The fourth-order valence-corrected chi connectivity index (χ4v) is 2.33. The van der Waals surface area contributed by atoms with Gasteiger partial charge in [-0.2, -0.15) is 0 Å². The highest BCUT2D eigenvalue weighted by Gasteiger charge is 2.20. The normalized spacial score (nSPS) is 12.6. The van der Waals surface area contributed by atoms with Gasteiger partial charge in [0.15, 0.2) is 11.5 Å². The molecule has 1 aliphatic rings. The molecular weight excluding hydrogens is 270 g/mol. The molecule has 0 amide bonds. The first-order valence-corrected chi connectivity index (χ1v) is 6.38. The topological polar surface area (TPSA) is 83.4 Å². The van der Waals surface area contributed by atoms with Crippen molar-refractivity contribution < 1.29 is 14.0 Å². The molecule has 0 bridgehead atoms. The molecule has 3 heterocycles. The van der Waals surface area contributed by atoms with Crippen LogP contribution in [0, 0.1) is 0 Å². The third-order valence-corrected chi connectivity index (χ3v) is 3.31. The average molecular weight is 281 g/mol. The van der Waals surface area contributed by atoms with Crippen molar-refractivity contribution >= 4 is 5.88 Å².